The van der Waals surface area contributed by atoms with E-state index >= 15 is 0 Å². The van der Waals surface area contributed by atoms with Crippen molar-refractivity contribution in [2.75, 3.05) is 4.90 Å². The first kappa shape index (κ1) is 32.3. The van der Waals surface area contributed by atoms with Crippen molar-refractivity contribution in [2.24, 2.45) is 0 Å². The van der Waals surface area contributed by atoms with Gasteiger partial charge in [0.2, 0.25) is 0 Å². The van der Waals surface area contributed by atoms with Crippen LogP contribution in [0.1, 0.15) is 22.3 Å². The lowest BCUT2D eigenvalue weighted by molar-refractivity contribution is 0.795. The lowest BCUT2D eigenvalue weighted by Gasteiger charge is -2.32. The number of fused-ring (bicyclic) bond motifs is 13. The Kier molecular flexibility index (Phi) is 7.08. The van der Waals surface area contributed by atoms with Crippen LogP contribution in [0.4, 0.5) is 17.1 Å². The van der Waals surface area contributed by atoms with Gasteiger partial charge in [-0.3, -0.25) is 0 Å². The van der Waals surface area contributed by atoms with Crippen LogP contribution < -0.4 is 4.90 Å². The van der Waals surface area contributed by atoms with Crippen LogP contribution in [0, 0.1) is 0 Å². The van der Waals surface area contributed by atoms with E-state index in [9.17, 15) is 0 Å². The van der Waals surface area contributed by atoms with Crippen LogP contribution in [0.15, 0.2) is 212 Å². The Labute approximate surface area is 336 Å². The van der Waals surface area contributed by atoms with E-state index in [1.54, 1.807) is 0 Å². The molecule has 266 valence electrons. The Morgan fingerprint density at radius 3 is 1.58 bits per heavy atom. The molecule has 0 radical (unpaired) electrons. The minimum Gasteiger partial charge on any atom is -0.310 e. The topological polar surface area (TPSA) is 3.24 Å². The maximum atomic E-state index is 2.55. The summed E-state index contributed by atoms with van der Waals surface area (Å²) in [6.45, 7) is 0. The smallest absolute Gasteiger partial charge is 0.0727 e. The summed E-state index contributed by atoms with van der Waals surface area (Å²) in [5.74, 6) is 0. The van der Waals surface area contributed by atoms with E-state index in [1.807, 2.05) is 11.3 Å². The molecule has 1 aromatic heterocycles. The average molecular weight is 742 g/mol. The zero-order valence-electron chi connectivity index (χ0n) is 31.1. The Morgan fingerprint density at radius 1 is 0.333 bits per heavy atom. The molecule has 1 heterocycles. The predicted molar refractivity (Wildman–Crippen MR) is 241 cm³/mol. The first-order valence-corrected chi connectivity index (χ1v) is 20.5. The number of hydrogen-bond acceptors (Lipinski definition) is 2. The third kappa shape index (κ3) is 4.62. The summed E-state index contributed by atoms with van der Waals surface area (Å²) in [5, 5.41) is 2.66. The second kappa shape index (κ2) is 12.5. The van der Waals surface area contributed by atoms with Gasteiger partial charge in [0.15, 0.2) is 0 Å². The molecule has 0 saturated heterocycles. The fourth-order valence-electron chi connectivity index (χ4n) is 9.97. The van der Waals surface area contributed by atoms with Gasteiger partial charge in [-0.05, 0) is 115 Å². The van der Waals surface area contributed by atoms with E-state index in [-0.39, 0.29) is 0 Å². The molecular weight excluding hydrogens is 707 g/mol. The third-order valence-corrected chi connectivity index (χ3v) is 13.4. The van der Waals surface area contributed by atoms with Crippen molar-refractivity contribution in [3.63, 3.8) is 0 Å². The van der Waals surface area contributed by atoms with Crippen molar-refractivity contribution < 1.29 is 0 Å². The van der Waals surface area contributed by atoms with Crippen molar-refractivity contribution >= 4 is 48.6 Å². The average Bonchev–Trinajstić information content (AvgIpc) is 3.91. The van der Waals surface area contributed by atoms with Gasteiger partial charge in [-0.25, -0.2) is 0 Å². The lowest BCUT2D eigenvalue weighted by atomic mass is 9.70. The number of benzene rings is 9. The fraction of sp³-hybridized carbons (Fsp3) is 0.0182. The van der Waals surface area contributed by atoms with Gasteiger partial charge < -0.3 is 4.90 Å². The number of nitrogens with zero attached hydrogens (tertiary/aromatic N) is 1. The molecule has 1 nitrogen and oxygen atoms in total. The van der Waals surface area contributed by atoms with Crippen molar-refractivity contribution in [1.29, 1.82) is 0 Å². The maximum absolute atomic E-state index is 2.55. The largest absolute Gasteiger partial charge is 0.310 e. The molecule has 10 aromatic rings. The quantitative estimate of drug-likeness (QED) is 0.170. The van der Waals surface area contributed by atoms with Crippen LogP contribution in [-0.4, -0.2) is 0 Å². The van der Waals surface area contributed by atoms with Crippen LogP contribution in [0.3, 0.4) is 0 Å². The molecule has 12 rings (SSSR count). The SMILES string of the molecule is c1ccc(-c2ccc(N(c3ccccc3)c3ccc4c(c3)C3(c5ccccc5-c5ccccc53)c3cc5sc6ccccc6c5c(-c5ccccc5)c3-4)cc2)cc1. The van der Waals surface area contributed by atoms with E-state index in [2.05, 4.69) is 217 Å². The van der Waals surface area contributed by atoms with Gasteiger partial charge in [-0.15, -0.1) is 11.3 Å². The molecule has 1 spiro atoms. The first-order valence-electron chi connectivity index (χ1n) is 19.7. The summed E-state index contributed by atoms with van der Waals surface area (Å²) in [6.07, 6.45) is 0. The van der Waals surface area contributed by atoms with Gasteiger partial charge in [0.05, 0.1) is 5.41 Å². The number of para-hydroxylation sites is 1. The summed E-state index contributed by atoms with van der Waals surface area (Å²) < 4.78 is 2.65. The summed E-state index contributed by atoms with van der Waals surface area (Å²) in [5.41, 5.74) is 18.5. The van der Waals surface area contributed by atoms with Crippen LogP contribution in [0.2, 0.25) is 0 Å². The minimum absolute atomic E-state index is 0.513. The third-order valence-electron chi connectivity index (χ3n) is 12.3. The van der Waals surface area contributed by atoms with E-state index in [0.717, 1.165) is 17.1 Å². The molecule has 0 N–H and O–H groups in total. The monoisotopic (exact) mass is 741 g/mol. The molecule has 2 aliphatic carbocycles. The molecule has 0 atom stereocenters. The van der Waals surface area contributed by atoms with Gasteiger partial charge in [0, 0.05) is 37.2 Å². The Morgan fingerprint density at radius 2 is 0.877 bits per heavy atom. The normalized spacial score (nSPS) is 13.1. The fourth-order valence-corrected chi connectivity index (χ4v) is 11.1. The highest BCUT2D eigenvalue weighted by molar-refractivity contribution is 7.26. The summed E-state index contributed by atoms with van der Waals surface area (Å²) in [7, 11) is 0. The Hall–Kier alpha value is -7.00. The molecule has 9 aromatic carbocycles. The zero-order valence-corrected chi connectivity index (χ0v) is 31.9. The van der Waals surface area contributed by atoms with Crippen molar-refractivity contribution in [3.05, 3.63) is 235 Å². The van der Waals surface area contributed by atoms with Crippen LogP contribution in [-0.2, 0) is 5.41 Å². The second-order valence-corrected chi connectivity index (χ2v) is 16.3. The summed E-state index contributed by atoms with van der Waals surface area (Å²) >= 11 is 1.91. The highest BCUT2D eigenvalue weighted by Crippen LogP contribution is 2.66. The van der Waals surface area contributed by atoms with Crippen molar-refractivity contribution in [3.8, 4) is 44.5 Å². The van der Waals surface area contributed by atoms with Crippen molar-refractivity contribution in [2.45, 2.75) is 5.41 Å². The zero-order chi connectivity index (χ0) is 37.5. The molecule has 0 aliphatic heterocycles. The number of hydrogen-bond donors (Lipinski definition) is 0. The van der Waals surface area contributed by atoms with Crippen LogP contribution in [0.5, 0.6) is 0 Å². The lowest BCUT2D eigenvalue weighted by Crippen LogP contribution is -2.26. The van der Waals surface area contributed by atoms with Crippen LogP contribution >= 0.6 is 11.3 Å². The van der Waals surface area contributed by atoms with Crippen molar-refractivity contribution in [1.82, 2.24) is 0 Å². The number of thiophene rings is 1. The number of rotatable bonds is 5. The van der Waals surface area contributed by atoms with E-state index < -0.39 is 5.41 Å². The molecule has 0 amide bonds. The maximum Gasteiger partial charge on any atom is 0.0727 e. The Bertz CT molecular complexity index is 3120. The van der Waals surface area contributed by atoms with Gasteiger partial charge >= 0.3 is 0 Å². The first-order chi connectivity index (χ1) is 28.3. The molecule has 0 unspecified atom stereocenters. The predicted octanol–water partition coefficient (Wildman–Crippen LogP) is 15.2. The standard InChI is InChI=1S/C55H35NS/c1-4-16-36(17-5-1)37-28-30-40(31-29-37)56(39-20-8-3-9-21-39)41-32-33-44-48(34-41)55(46-25-13-10-22-42(46)43-23-11-14-26-47(43)55)49-35-51-54(45-24-12-15-27-50(45)57-51)52(53(44)49)38-18-6-2-7-19-38/h1-35H. The highest BCUT2D eigenvalue weighted by atomic mass is 32.1. The summed E-state index contributed by atoms with van der Waals surface area (Å²) in [4.78, 5) is 2.42. The van der Waals surface area contributed by atoms with Crippen LogP contribution in [0.25, 0.3) is 64.7 Å². The van der Waals surface area contributed by atoms with E-state index in [4.69, 9.17) is 0 Å². The van der Waals surface area contributed by atoms with Gasteiger partial charge in [-0.1, -0.05) is 164 Å². The Balaban J connectivity index is 1.19. The highest BCUT2D eigenvalue weighted by Gasteiger charge is 2.53. The molecule has 0 bridgehead atoms. The minimum atomic E-state index is -0.513. The molecule has 2 heteroatoms. The molecule has 57 heavy (non-hydrogen) atoms. The summed E-state index contributed by atoms with van der Waals surface area (Å²) in [6, 6.07) is 78.6. The van der Waals surface area contributed by atoms with Gasteiger partial charge in [-0.2, -0.15) is 0 Å². The van der Waals surface area contributed by atoms with E-state index in [0.29, 0.717) is 0 Å². The molecular formula is C55H35NS. The number of anilines is 3. The van der Waals surface area contributed by atoms with Gasteiger partial charge in [0.25, 0.3) is 0 Å². The molecule has 0 saturated carbocycles. The van der Waals surface area contributed by atoms with Gasteiger partial charge in [0.1, 0.15) is 0 Å². The molecule has 2 aliphatic rings. The second-order valence-electron chi connectivity index (χ2n) is 15.2. The van der Waals surface area contributed by atoms with E-state index in [1.165, 1.54) is 86.9 Å². The molecule has 0 fully saturated rings.